The molecule has 3 atom stereocenters. The van der Waals surface area contributed by atoms with Gasteiger partial charge in [0.25, 0.3) is 0 Å². The molecule has 0 radical (unpaired) electrons. The molecule has 3 unspecified atom stereocenters. The molecule has 0 aromatic carbocycles. The van der Waals surface area contributed by atoms with Crippen molar-refractivity contribution in [3.05, 3.63) is 0 Å². The first kappa shape index (κ1) is 21.4. The molecule has 0 spiro atoms. The first-order valence-corrected chi connectivity index (χ1v) is 11.0. The fourth-order valence-corrected chi connectivity index (χ4v) is 6.21. The van der Waals surface area contributed by atoms with Crippen LogP contribution < -0.4 is 0 Å². The summed E-state index contributed by atoms with van der Waals surface area (Å²) in [5.74, 6) is 0. The zero-order valence-electron chi connectivity index (χ0n) is 12.2. The molecule has 0 aliphatic heterocycles. The lowest BCUT2D eigenvalue weighted by molar-refractivity contribution is 0.215. The Hall–Kier alpha value is 0.450. The molecule has 0 amide bonds. The molecule has 0 aliphatic rings. The third-order valence-corrected chi connectivity index (χ3v) is 8.16. The molecule has 9 nitrogen and oxygen atoms in total. The lowest BCUT2D eigenvalue weighted by Crippen LogP contribution is -2.25. The van der Waals surface area contributed by atoms with Gasteiger partial charge in [0.2, 0.25) is 0 Å². The lowest BCUT2D eigenvalue weighted by Gasteiger charge is -2.33. The molecule has 0 aromatic rings. The van der Waals surface area contributed by atoms with Crippen LogP contribution >= 0.6 is 23.2 Å². The van der Waals surface area contributed by atoms with Gasteiger partial charge in [0.05, 0.1) is 5.16 Å². The minimum absolute atomic E-state index is 0.247. The summed E-state index contributed by atoms with van der Waals surface area (Å²) in [5.41, 5.74) is 0. The van der Waals surface area contributed by atoms with Crippen LogP contribution in [0.1, 0.15) is 52.9 Å². The second-order valence-corrected chi connectivity index (χ2v) is 10.3. The number of unbranched alkanes of at least 4 members (excludes halogenated alkanes) is 1. The van der Waals surface area contributed by atoms with E-state index in [1.54, 1.807) is 6.92 Å². The summed E-state index contributed by atoms with van der Waals surface area (Å²) in [5, 5.41) is -1.30. The second-order valence-electron chi connectivity index (χ2n) is 4.99. The maximum Gasteiger partial charge on any atom is 0.488 e. The van der Waals surface area contributed by atoms with Gasteiger partial charge < -0.3 is 19.6 Å². The van der Waals surface area contributed by atoms with Crippen LogP contribution in [0, 0.1) is 0 Å². The van der Waals surface area contributed by atoms with E-state index in [9.17, 15) is 23.5 Å². The van der Waals surface area contributed by atoms with Crippen LogP contribution in [0.2, 0.25) is 0 Å². The second kappa shape index (κ2) is 7.82. The number of hydrogen-bond acceptors (Lipinski definition) is 5. The summed E-state index contributed by atoms with van der Waals surface area (Å²) in [6, 6.07) is 0. The average Bonchev–Trinajstić information content (AvgIpc) is 2.21. The minimum atomic E-state index is -5.36. The zero-order valence-corrected chi connectivity index (χ0v) is 14.9. The van der Waals surface area contributed by atoms with Gasteiger partial charge >= 0.3 is 23.2 Å². The van der Waals surface area contributed by atoms with Crippen LogP contribution in [-0.4, -0.2) is 24.7 Å². The highest BCUT2D eigenvalue weighted by molar-refractivity contribution is 7.68. The minimum Gasteiger partial charge on any atom is -0.324 e. The van der Waals surface area contributed by atoms with E-state index in [0.717, 1.165) is 6.42 Å². The van der Waals surface area contributed by atoms with Gasteiger partial charge in [-0.2, -0.15) is 4.31 Å². The lowest BCUT2D eigenvalue weighted by atomic mass is 9.98. The Balaban J connectivity index is 5.27. The standard InChI is InChI=1S/C9H23O9P3/c1-4-6-8-9(3,7-5-2)19(10,11)17-21(15,16)18-20(12,13)14/h4-8H2,1-3H3,(H,10,11)(H,15,16)(H2,12,13,14). The normalized spacial score (nSPS) is 21.3. The summed E-state index contributed by atoms with van der Waals surface area (Å²) in [6.45, 7) is 5.09. The topological polar surface area (TPSA) is 151 Å². The van der Waals surface area contributed by atoms with Gasteiger partial charge in [-0.15, -0.1) is 0 Å². The van der Waals surface area contributed by atoms with Crippen molar-refractivity contribution >= 4 is 23.2 Å². The summed E-state index contributed by atoms with van der Waals surface area (Å²) in [7, 11) is -15.3. The van der Waals surface area contributed by atoms with Crippen LogP contribution in [0.15, 0.2) is 0 Å². The Morgan fingerprint density at radius 2 is 1.43 bits per heavy atom. The average molecular weight is 368 g/mol. The van der Waals surface area contributed by atoms with Crippen molar-refractivity contribution < 1.29 is 41.9 Å². The van der Waals surface area contributed by atoms with E-state index >= 15 is 0 Å². The highest BCUT2D eigenvalue weighted by Gasteiger charge is 2.49. The van der Waals surface area contributed by atoms with E-state index in [0.29, 0.717) is 12.8 Å². The Morgan fingerprint density at radius 3 is 1.81 bits per heavy atom. The molecule has 0 fully saturated rings. The van der Waals surface area contributed by atoms with Crippen molar-refractivity contribution in [3.63, 3.8) is 0 Å². The Morgan fingerprint density at radius 1 is 0.905 bits per heavy atom. The van der Waals surface area contributed by atoms with E-state index < -0.39 is 28.4 Å². The Labute approximate surface area is 124 Å². The first-order valence-electron chi connectivity index (χ1n) is 6.42. The molecule has 0 saturated carbocycles. The fourth-order valence-electron chi connectivity index (χ4n) is 1.89. The number of phosphoric acid groups is 2. The van der Waals surface area contributed by atoms with Crippen LogP contribution in [0.5, 0.6) is 0 Å². The molecule has 4 N–H and O–H groups in total. The highest BCUT2D eigenvalue weighted by Crippen LogP contribution is 2.71. The molecule has 0 aliphatic carbocycles. The SMILES string of the molecule is CCCCC(C)(CCC)P(=O)(O)OP(=O)(O)OP(=O)(O)O. The van der Waals surface area contributed by atoms with Crippen LogP contribution in [-0.2, 0) is 22.3 Å². The number of hydrogen-bond donors (Lipinski definition) is 4. The largest absolute Gasteiger partial charge is 0.488 e. The highest BCUT2D eigenvalue weighted by atomic mass is 31.3. The summed E-state index contributed by atoms with van der Waals surface area (Å²) >= 11 is 0. The molecule has 0 rings (SSSR count). The third-order valence-electron chi connectivity index (χ3n) is 2.96. The monoisotopic (exact) mass is 368 g/mol. The number of rotatable bonds is 10. The summed E-state index contributed by atoms with van der Waals surface area (Å²) in [6.07, 6.45) is 2.38. The van der Waals surface area contributed by atoms with E-state index in [4.69, 9.17) is 9.79 Å². The smallest absolute Gasteiger partial charge is 0.324 e. The third kappa shape index (κ3) is 7.51. The molecule has 21 heavy (non-hydrogen) atoms. The van der Waals surface area contributed by atoms with E-state index in [1.807, 2.05) is 6.92 Å². The molecule has 0 heterocycles. The van der Waals surface area contributed by atoms with E-state index in [1.165, 1.54) is 6.92 Å². The van der Waals surface area contributed by atoms with Gasteiger partial charge in [-0.1, -0.05) is 33.1 Å². The van der Waals surface area contributed by atoms with Gasteiger partial charge in [-0.05, 0) is 19.8 Å². The molecular weight excluding hydrogens is 345 g/mol. The molecular formula is C9H23O9P3. The molecule has 128 valence electrons. The van der Waals surface area contributed by atoms with Gasteiger partial charge in [-0.25, -0.2) is 13.4 Å². The van der Waals surface area contributed by atoms with Gasteiger partial charge in [0, 0.05) is 0 Å². The predicted molar refractivity (Wildman–Crippen MR) is 76.7 cm³/mol. The van der Waals surface area contributed by atoms with Gasteiger partial charge in [0.1, 0.15) is 0 Å². The molecule has 0 aromatic heterocycles. The van der Waals surface area contributed by atoms with Crippen molar-refractivity contribution in [3.8, 4) is 0 Å². The van der Waals surface area contributed by atoms with E-state index in [-0.39, 0.29) is 12.8 Å². The summed E-state index contributed by atoms with van der Waals surface area (Å²) < 4.78 is 42.1. The molecule has 0 saturated heterocycles. The fraction of sp³-hybridized carbons (Fsp3) is 1.00. The Kier molecular flexibility index (Phi) is 7.99. The van der Waals surface area contributed by atoms with Crippen molar-refractivity contribution in [1.29, 1.82) is 0 Å². The van der Waals surface area contributed by atoms with Crippen molar-refractivity contribution in [2.45, 2.75) is 58.0 Å². The molecule has 0 bridgehead atoms. The van der Waals surface area contributed by atoms with Crippen LogP contribution in [0.4, 0.5) is 0 Å². The Bertz CT molecular complexity index is 473. The van der Waals surface area contributed by atoms with Crippen molar-refractivity contribution in [1.82, 2.24) is 0 Å². The first-order chi connectivity index (χ1) is 9.29. The van der Waals surface area contributed by atoms with Gasteiger partial charge in [-0.3, -0.25) is 4.57 Å². The van der Waals surface area contributed by atoms with Crippen LogP contribution in [0.3, 0.4) is 0 Å². The summed E-state index contributed by atoms with van der Waals surface area (Å²) in [4.78, 5) is 36.2. The quantitative estimate of drug-likeness (QED) is 0.426. The van der Waals surface area contributed by atoms with Crippen molar-refractivity contribution in [2.75, 3.05) is 0 Å². The van der Waals surface area contributed by atoms with Crippen molar-refractivity contribution in [2.24, 2.45) is 0 Å². The maximum atomic E-state index is 12.3. The zero-order chi connectivity index (χ0) is 16.9. The van der Waals surface area contributed by atoms with E-state index in [2.05, 4.69) is 8.62 Å². The maximum absolute atomic E-state index is 12.3. The molecule has 12 heteroatoms. The van der Waals surface area contributed by atoms with Gasteiger partial charge in [0.15, 0.2) is 0 Å². The predicted octanol–water partition coefficient (Wildman–Crippen LogP) is 3.15. The van der Waals surface area contributed by atoms with Crippen LogP contribution in [0.25, 0.3) is 0 Å².